The summed E-state index contributed by atoms with van der Waals surface area (Å²) in [5.41, 5.74) is 0.779. The van der Waals surface area contributed by atoms with Gasteiger partial charge in [-0.1, -0.05) is 24.3 Å². The third-order valence-electron chi connectivity index (χ3n) is 3.21. The number of benzene rings is 2. The lowest BCUT2D eigenvalue weighted by molar-refractivity contribution is 0.414. The zero-order valence-corrected chi connectivity index (χ0v) is 15.3. The molecule has 2 aromatic carbocycles. The van der Waals surface area contributed by atoms with Gasteiger partial charge in [0, 0.05) is 0 Å². The average molecular weight is 386 g/mol. The van der Waals surface area contributed by atoms with Crippen molar-refractivity contribution in [3.05, 3.63) is 59.7 Å². The van der Waals surface area contributed by atoms with Crippen LogP contribution in [0.2, 0.25) is 0 Å². The Hall–Kier alpha value is -2.10. The quantitative estimate of drug-likeness (QED) is 0.685. The molecule has 0 radical (unpaired) electrons. The van der Waals surface area contributed by atoms with Gasteiger partial charge in [-0.05, 0) is 35.4 Å². The van der Waals surface area contributed by atoms with Crippen LogP contribution in [0.25, 0.3) is 0 Å². The van der Waals surface area contributed by atoms with E-state index in [0.717, 1.165) is 0 Å². The molecule has 0 amide bonds. The molecule has 0 aliphatic heterocycles. The topological polar surface area (TPSA) is 96.0 Å². The van der Waals surface area contributed by atoms with Crippen molar-refractivity contribution in [1.82, 2.24) is 0 Å². The van der Waals surface area contributed by atoms with E-state index in [2.05, 4.69) is 3.63 Å². The normalized spacial score (nSPS) is 11.9. The number of rotatable bonds is 8. The van der Waals surface area contributed by atoms with Crippen molar-refractivity contribution in [2.45, 2.75) is 11.5 Å². The van der Waals surface area contributed by atoms with Gasteiger partial charge in [0.1, 0.15) is 23.0 Å². The van der Waals surface area contributed by atoms with Crippen LogP contribution >= 0.6 is 0 Å². The van der Waals surface area contributed by atoms with E-state index in [4.69, 9.17) is 9.47 Å². The molecule has 0 aliphatic rings. The Labute approximate surface area is 147 Å². The third-order valence-corrected chi connectivity index (χ3v) is 6.24. The molecule has 0 aromatic heterocycles. The maximum atomic E-state index is 12.0. The SMILES string of the molecule is COc1ccc(CS(=O)(=O)OS(=O)(=O)Cc2ccc(OC)cc2)cc1. The second kappa shape index (κ2) is 7.85. The Morgan fingerprint density at radius 3 is 1.24 bits per heavy atom. The van der Waals surface area contributed by atoms with E-state index in [9.17, 15) is 16.8 Å². The lowest BCUT2D eigenvalue weighted by atomic mass is 10.2. The molecule has 2 rings (SSSR count). The van der Waals surface area contributed by atoms with Crippen LogP contribution in [0.5, 0.6) is 11.5 Å². The Balaban J connectivity index is 2.06. The number of methoxy groups -OCH3 is 2. The number of hydrogen-bond donors (Lipinski definition) is 0. The van der Waals surface area contributed by atoms with Crippen molar-refractivity contribution in [3.8, 4) is 11.5 Å². The molecule has 0 N–H and O–H groups in total. The van der Waals surface area contributed by atoms with Crippen molar-refractivity contribution in [3.63, 3.8) is 0 Å². The largest absolute Gasteiger partial charge is 0.497 e. The summed E-state index contributed by atoms with van der Waals surface area (Å²) in [6, 6.07) is 12.4. The fraction of sp³-hybridized carbons (Fsp3) is 0.250. The van der Waals surface area contributed by atoms with Crippen LogP contribution in [-0.2, 0) is 35.4 Å². The van der Waals surface area contributed by atoms with Gasteiger partial charge in [-0.25, -0.2) is 0 Å². The van der Waals surface area contributed by atoms with Crippen molar-refractivity contribution in [2.75, 3.05) is 14.2 Å². The van der Waals surface area contributed by atoms with Gasteiger partial charge in [0.25, 0.3) is 20.2 Å². The van der Waals surface area contributed by atoms with E-state index in [1.807, 2.05) is 0 Å². The first kappa shape index (κ1) is 19.2. The van der Waals surface area contributed by atoms with Gasteiger partial charge in [0.15, 0.2) is 0 Å². The summed E-state index contributed by atoms with van der Waals surface area (Å²) >= 11 is 0. The molecular weight excluding hydrogens is 368 g/mol. The molecule has 9 heteroatoms. The fourth-order valence-electron chi connectivity index (χ4n) is 2.06. The highest BCUT2D eigenvalue weighted by molar-refractivity contribution is 7.99. The molecule has 0 heterocycles. The van der Waals surface area contributed by atoms with Gasteiger partial charge in [-0.15, -0.1) is 3.63 Å². The lowest BCUT2D eigenvalue weighted by Gasteiger charge is -2.08. The van der Waals surface area contributed by atoms with Crippen LogP contribution in [0, 0.1) is 0 Å². The van der Waals surface area contributed by atoms with E-state index < -0.39 is 31.7 Å². The molecule has 0 spiro atoms. The van der Waals surface area contributed by atoms with E-state index in [1.165, 1.54) is 38.5 Å². The van der Waals surface area contributed by atoms with Crippen LogP contribution in [0.15, 0.2) is 48.5 Å². The summed E-state index contributed by atoms with van der Waals surface area (Å²) in [5.74, 6) is 0.0147. The Morgan fingerprint density at radius 1 is 0.640 bits per heavy atom. The van der Waals surface area contributed by atoms with Crippen LogP contribution in [0.1, 0.15) is 11.1 Å². The second-order valence-corrected chi connectivity index (χ2v) is 8.52. The average Bonchev–Trinajstić information content (AvgIpc) is 2.54. The molecule has 0 saturated heterocycles. The van der Waals surface area contributed by atoms with Gasteiger partial charge in [-0.3, -0.25) is 0 Å². The molecule has 2 aromatic rings. The Kier molecular flexibility index (Phi) is 6.04. The molecule has 0 fully saturated rings. The summed E-state index contributed by atoms with van der Waals surface area (Å²) in [7, 11) is -5.62. The standard InChI is InChI=1S/C16H18O7S2/c1-21-15-7-3-13(4-8-15)11-24(17,18)23-25(19,20)12-14-5-9-16(22-2)10-6-14/h3-10H,11-12H2,1-2H3. The molecule has 7 nitrogen and oxygen atoms in total. The molecule has 0 aliphatic carbocycles. The van der Waals surface area contributed by atoms with Crippen molar-refractivity contribution >= 4 is 20.2 Å². The van der Waals surface area contributed by atoms with E-state index in [0.29, 0.717) is 22.6 Å². The predicted octanol–water partition coefficient (Wildman–Crippen LogP) is 2.08. The number of ether oxygens (including phenoxy) is 2. The predicted molar refractivity (Wildman–Crippen MR) is 92.3 cm³/mol. The molecule has 0 unspecified atom stereocenters. The van der Waals surface area contributed by atoms with E-state index in [1.54, 1.807) is 24.3 Å². The summed E-state index contributed by atoms with van der Waals surface area (Å²) < 4.78 is 62.4. The minimum atomic E-state index is -4.30. The molecular formula is C16H18O7S2. The van der Waals surface area contributed by atoms with E-state index in [-0.39, 0.29) is 0 Å². The first-order chi connectivity index (χ1) is 11.7. The maximum absolute atomic E-state index is 12.0. The minimum absolute atomic E-state index is 0.389. The lowest BCUT2D eigenvalue weighted by Crippen LogP contribution is -2.17. The fourth-order valence-corrected chi connectivity index (χ4v) is 4.91. The Morgan fingerprint density at radius 2 is 0.960 bits per heavy atom. The first-order valence-electron chi connectivity index (χ1n) is 7.15. The highest BCUT2D eigenvalue weighted by Crippen LogP contribution is 2.18. The molecule has 25 heavy (non-hydrogen) atoms. The number of hydrogen-bond acceptors (Lipinski definition) is 7. The smallest absolute Gasteiger partial charge is 0.286 e. The van der Waals surface area contributed by atoms with Crippen LogP contribution in [0.4, 0.5) is 0 Å². The highest BCUT2D eigenvalue weighted by Gasteiger charge is 2.24. The third kappa shape index (κ3) is 6.04. The van der Waals surface area contributed by atoms with Crippen molar-refractivity contribution < 1.29 is 29.9 Å². The van der Waals surface area contributed by atoms with Crippen molar-refractivity contribution in [1.29, 1.82) is 0 Å². The molecule has 0 saturated carbocycles. The zero-order valence-electron chi connectivity index (χ0n) is 13.7. The zero-order chi connectivity index (χ0) is 18.5. The summed E-state index contributed by atoms with van der Waals surface area (Å²) in [6.45, 7) is 0. The van der Waals surface area contributed by atoms with E-state index >= 15 is 0 Å². The molecule has 0 bridgehead atoms. The summed E-state index contributed by atoms with van der Waals surface area (Å²) in [5, 5.41) is 0. The van der Waals surface area contributed by atoms with Crippen LogP contribution in [-0.4, -0.2) is 31.1 Å². The summed E-state index contributed by atoms with van der Waals surface area (Å²) in [6.07, 6.45) is 0. The van der Waals surface area contributed by atoms with Gasteiger partial charge in [0.05, 0.1) is 14.2 Å². The van der Waals surface area contributed by atoms with Crippen LogP contribution < -0.4 is 9.47 Å². The van der Waals surface area contributed by atoms with Crippen LogP contribution in [0.3, 0.4) is 0 Å². The van der Waals surface area contributed by atoms with Gasteiger partial charge < -0.3 is 9.47 Å². The van der Waals surface area contributed by atoms with Crippen molar-refractivity contribution in [2.24, 2.45) is 0 Å². The van der Waals surface area contributed by atoms with Gasteiger partial charge in [-0.2, -0.15) is 16.8 Å². The Bertz CT molecular complexity index is 822. The van der Waals surface area contributed by atoms with Gasteiger partial charge >= 0.3 is 0 Å². The summed E-state index contributed by atoms with van der Waals surface area (Å²) in [4.78, 5) is 0. The maximum Gasteiger partial charge on any atom is 0.286 e. The minimum Gasteiger partial charge on any atom is -0.497 e. The molecule has 0 atom stereocenters. The monoisotopic (exact) mass is 386 g/mol. The first-order valence-corrected chi connectivity index (χ1v) is 10.3. The second-order valence-electron chi connectivity index (χ2n) is 5.17. The van der Waals surface area contributed by atoms with Gasteiger partial charge in [0.2, 0.25) is 0 Å². The highest BCUT2D eigenvalue weighted by atomic mass is 32.3. The molecule has 136 valence electrons.